The lowest BCUT2D eigenvalue weighted by Crippen LogP contribution is -2.04. The predicted octanol–water partition coefficient (Wildman–Crippen LogP) is 3.35. The molecule has 1 N–H and O–H groups in total. The van der Waals surface area contributed by atoms with E-state index in [0.29, 0.717) is 11.5 Å². The number of hydrazone groups is 1. The van der Waals surface area contributed by atoms with Crippen molar-refractivity contribution in [3.05, 3.63) is 68.3 Å². The molecule has 2 rings (SSSR count). The summed E-state index contributed by atoms with van der Waals surface area (Å²) >= 11 is 0. The lowest BCUT2D eigenvalue weighted by Gasteiger charge is -2.08. The lowest BCUT2D eigenvalue weighted by atomic mass is 10.1. The topological polar surface area (TPSA) is 120 Å². The fourth-order valence-electron chi connectivity index (χ4n) is 2.03. The molecule has 0 atom stereocenters. The summed E-state index contributed by atoms with van der Waals surface area (Å²) in [5, 5.41) is 25.9. The van der Waals surface area contributed by atoms with Gasteiger partial charge in [-0.25, -0.2) is 0 Å². The van der Waals surface area contributed by atoms with Gasteiger partial charge in [-0.1, -0.05) is 12.1 Å². The van der Waals surface area contributed by atoms with E-state index in [4.69, 9.17) is 4.74 Å². The number of non-ortho nitro benzene ring substituents is 1. The average molecular weight is 330 g/mol. The van der Waals surface area contributed by atoms with Gasteiger partial charge in [0.1, 0.15) is 11.4 Å². The summed E-state index contributed by atoms with van der Waals surface area (Å²) in [7, 11) is 1.53. The van der Waals surface area contributed by atoms with Crippen molar-refractivity contribution in [2.45, 2.75) is 6.92 Å². The Kier molecular flexibility index (Phi) is 5.05. The second-order valence-corrected chi connectivity index (χ2v) is 4.72. The maximum atomic E-state index is 11.1. The molecule has 9 heteroatoms. The molecular weight excluding hydrogens is 316 g/mol. The molecule has 9 nitrogen and oxygen atoms in total. The van der Waals surface area contributed by atoms with E-state index in [0.717, 1.165) is 11.6 Å². The monoisotopic (exact) mass is 330 g/mol. The fraction of sp³-hybridized carbons (Fsp3) is 0.133. The lowest BCUT2D eigenvalue weighted by molar-refractivity contribution is -0.393. The van der Waals surface area contributed by atoms with Crippen molar-refractivity contribution in [1.29, 1.82) is 0 Å². The van der Waals surface area contributed by atoms with Crippen LogP contribution < -0.4 is 10.2 Å². The Morgan fingerprint density at radius 2 is 1.83 bits per heavy atom. The van der Waals surface area contributed by atoms with Gasteiger partial charge in [0.25, 0.3) is 5.69 Å². The van der Waals surface area contributed by atoms with Crippen molar-refractivity contribution in [3.63, 3.8) is 0 Å². The van der Waals surface area contributed by atoms with E-state index in [-0.39, 0.29) is 11.4 Å². The average Bonchev–Trinajstić information content (AvgIpc) is 2.59. The van der Waals surface area contributed by atoms with Gasteiger partial charge in [-0.3, -0.25) is 25.7 Å². The summed E-state index contributed by atoms with van der Waals surface area (Å²) in [5.41, 5.74) is 3.10. The van der Waals surface area contributed by atoms with Crippen LogP contribution in [-0.4, -0.2) is 22.7 Å². The molecular formula is C15H14N4O5. The zero-order valence-electron chi connectivity index (χ0n) is 12.9. The first kappa shape index (κ1) is 16.9. The molecule has 0 saturated heterocycles. The number of hydrogen-bond donors (Lipinski definition) is 1. The first-order valence-corrected chi connectivity index (χ1v) is 6.80. The maximum absolute atomic E-state index is 11.1. The fourth-order valence-corrected chi connectivity index (χ4v) is 2.03. The highest BCUT2D eigenvalue weighted by Gasteiger charge is 2.19. The molecule has 0 aliphatic carbocycles. The van der Waals surface area contributed by atoms with Gasteiger partial charge in [-0.15, -0.1) is 0 Å². The van der Waals surface area contributed by atoms with Crippen LogP contribution in [0, 0.1) is 20.2 Å². The van der Waals surface area contributed by atoms with Crippen LogP contribution in [0.3, 0.4) is 0 Å². The Bertz CT molecular complexity index is 819. The molecule has 2 aromatic carbocycles. The molecule has 0 radical (unpaired) electrons. The molecule has 0 aliphatic heterocycles. The molecule has 0 bridgehead atoms. The van der Waals surface area contributed by atoms with Crippen LogP contribution >= 0.6 is 0 Å². The zero-order valence-corrected chi connectivity index (χ0v) is 12.9. The molecule has 0 saturated carbocycles. The van der Waals surface area contributed by atoms with Gasteiger partial charge in [0.05, 0.1) is 28.7 Å². The van der Waals surface area contributed by atoms with Crippen LogP contribution in [0.4, 0.5) is 17.1 Å². The number of benzene rings is 2. The van der Waals surface area contributed by atoms with Gasteiger partial charge in [-0.2, -0.15) is 5.10 Å². The van der Waals surface area contributed by atoms with E-state index in [1.807, 2.05) is 12.1 Å². The molecule has 24 heavy (non-hydrogen) atoms. The number of ether oxygens (including phenoxy) is 1. The highest BCUT2D eigenvalue weighted by molar-refractivity contribution is 6.01. The van der Waals surface area contributed by atoms with Gasteiger partial charge in [0, 0.05) is 11.6 Å². The number of anilines is 1. The molecule has 0 aliphatic rings. The Hall–Kier alpha value is -3.49. The first-order valence-electron chi connectivity index (χ1n) is 6.80. The van der Waals surface area contributed by atoms with Crippen molar-refractivity contribution >= 4 is 22.8 Å². The van der Waals surface area contributed by atoms with E-state index >= 15 is 0 Å². The van der Waals surface area contributed by atoms with Crippen molar-refractivity contribution in [2.75, 3.05) is 12.5 Å². The van der Waals surface area contributed by atoms with E-state index in [1.165, 1.54) is 19.2 Å². The Morgan fingerprint density at radius 1 is 1.12 bits per heavy atom. The zero-order chi connectivity index (χ0) is 17.7. The number of para-hydroxylation sites is 1. The number of hydrogen-bond acceptors (Lipinski definition) is 7. The number of nitro groups is 2. The Labute approximate surface area is 136 Å². The van der Waals surface area contributed by atoms with Crippen LogP contribution in [0.2, 0.25) is 0 Å². The standard InChI is InChI=1S/C15H14N4O5/c1-10(12-5-3-4-6-15(12)24-2)16-17-13-8-7-11(18(20)21)9-14(13)19(22)23/h3-9,17H,1-2H3/b16-10-. The smallest absolute Gasteiger partial charge is 0.301 e. The van der Waals surface area contributed by atoms with Crippen molar-refractivity contribution in [1.82, 2.24) is 0 Å². The quantitative estimate of drug-likeness (QED) is 0.492. The molecule has 0 heterocycles. The highest BCUT2D eigenvalue weighted by Crippen LogP contribution is 2.29. The largest absolute Gasteiger partial charge is 0.496 e. The van der Waals surface area contributed by atoms with Gasteiger partial charge >= 0.3 is 5.69 Å². The number of methoxy groups -OCH3 is 1. The predicted molar refractivity (Wildman–Crippen MR) is 88.6 cm³/mol. The Morgan fingerprint density at radius 3 is 2.46 bits per heavy atom. The summed E-state index contributed by atoms with van der Waals surface area (Å²) in [6.45, 7) is 1.71. The van der Waals surface area contributed by atoms with E-state index in [9.17, 15) is 20.2 Å². The molecule has 0 spiro atoms. The minimum absolute atomic E-state index is 0.0554. The van der Waals surface area contributed by atoms with Gasteiger partial charge < -0.3 is 4.74 Å². The van der Waals surface area contributed by atoms with E-state index in [1.54, 1.807) is 19.1 Å². The third kappa shape index (κ3) is 3.64. The number of nitro benzene ring substituents is 2. The molecule has 0 unspecified atom stereocenters. The van der Waals surface area contributed by atoms with Crippen LogP contribution in [0.5, 0.6) is 5.75 Å². The van der Waals surface area contributed by atoms with Crippen LogP contribution in [-0.2, 0) is 0 Å². The number of rotatable bonds is 6. The maximum Gasteiger partial charge on any atom is 0.301 e. The SMILES string of the molecule is COc1ccccc1/C(C)=N\Nc1ccc([N+](=O)[O-])cc1[N+](=O)[O-]. The molecule has 0 aromatic heterocycles. The normalized spacial score (nSPS) is 11.0. The van der Waals surface area contributed by atoms with Crippen molar-refractivity contribution < 1.29 is 14.6 Å². The summed E-state index contributed by atoms with van der Waals surface area (Å²) in [6, 6.07) is 10.5. The minimum atomic E-state index is -0.705. The number of nitrogens with zero attached hydrogens (tertiary/aromatic N) is 3. The van der Waals surface area contributed by atoms with Crippen LogP contribution in [0.25, 0.3) is 0 Å². The molecule has 0 fully saturated rings. The van der Waals surface area contributed by atoms with Crippen molar-refractivity contribution in [3.8, 4) is 5.75 Å². The van der Waals surface area contributed by atoms with Gasteiger partial charge in [0.2, 0.25) is 0 Å². The summed E-state index contributed by atoms with van der Waals surface area (Å²) < 4.78 is 5.23. The first-order chi connectivity index (χ1) is 11.4. The van der Waals surface area contributed by atoms with Crippen LogP contribution in [0.1, 0.15) is 12.5 Å². The van der Waals surface area contributed by atoms with E-state index in [2.05, 4.69) is 10.5 Å². The van der Waals surface area contributed by atoms with Gasteiger partial charge in [-0.05, 0) is 25.1 Å². The van der Waals surface area contributed by atoms with E-state index < -0.39 is 15.5 Å². The summed E-state index contributed by atoms with van der Waals surface area (Å²) in [5.74, 6) is 0.610. The molecule has 0 amide bonds. The molecule has 2 aromatic rings. The highest BCUT2D eigenvalue weighted by atomic mass is 16.6. The molecule has 124 valence electrons. The second-order valence-electron chi connectivity index (χ2n) is 4.72. The van der Waals surface area contributed by atoms with Crippen LogP contribution in [0.15, 0.2) is 47.6 Å². The summed E-state index contributed by atoms with van der Waals surface area (Å²) in [6.07, 6.45) is 0. The third-order valence-corrected chi connectivity index (χ3v) is 3.23. The second kappa shape index (κ2) is 7.18. The minimum Gasteiger partial charge on any atom is -0.496 e. The van der Waals surface area contributed by atoms with Crippen molar-refractivity contribution in [2.24, 2.45) is 5.10 Å². The third-order valence-electron chi connectivity index (χ3n) is 3.23. The van der Waals surface area contributed by atoms with Gasteiger partial charge in [0.15, 0.2) is 0 Å². The Balaban J connectivity index is 2.34. The summed E-state index contributed by atoms with van der Waals surface area (Å²) in [4.78, 5) is 20.4. The number of nitrogens with one attached hydrogen (secondary N) is 1.